The summed E-state index contributed by atoms with van der Waals surface area (Å²) >= 11 is 0. The minimum Gasteiger partial charge on any atom is -0.248 e. The number of aromatic nitrogens is 2. The van der Waals surface area contributed by atoms with Crippen molar-refractivity contribution in [1.29, 1.82) is 0 Å². The third kappa shape index (κ3) is 3.70. The molecule has 1 aromatic carbocycles. The van der Waals surface area contributed by atoms with Crippen molar-refractivity contribution >= 4 is 11.0 Å². The average Bonchev–Trinajstić information content (AvgIpc) is 2.43. The molecule has 2 nitrogen and oxygen atoms in total. The number of fused-ring (bicyclic) bond motifs is 1. The number of nitrogens with zero attached hydrogens (tertiary/aromatic N) is 2. The molecule has 0 saturated carbocycles. The van der Waals surface area contributed by atoms with E-state index in [0.29, 0.717) is 5.52 Å². The fourth-order valence-electron chi connectivity index (χ4n) is 2.97. The van der Waals surface area contributed by atoms with Gasteiger partial charge in [-0.05, 0) is 29.5 Å². The van der Waals surface area contributed by atoms with E-state index in [-0.39, 0.29) is 16.6 Å². The Labute approximate surface area is 141 Å². The van der Waals surface area contributed by atoms with Crippen molar-refractivity contribution in [1.82, 2.24) is 9.97 Å². The quantitative estimate of drug-likeness (QED) is 0.683. The molecule has 0 amide bonds. The molecule has 2 aromatic rings. The van der Waals surface area contributed by atoms with Gasteiger partial charge >= 0.3 is 6.18 Å². The maximum absolute atomic E-state index is 13.4. The summed E-state index contributed by atoms with van der Waals surface area (Å²) in [4.78, 5) is 8.26. The number of alkyl halides is 3. The van der Waals surface area contributed by atoms with Crippen LogP contribution in [0.1, 0.15) is 71.3 Å². The van der Waals surface area contributed by atoms with Crippen LogP contribution in [-0.4, -0.2) is 9.97 Å². The van der Waals surface area contributed by atoms with Gasteiger partial charge in [0.05, 0.1) is 16.7 Å². The monoisotopic (exact) mass is 338 g/mol. The third-order valence-electron chi connectivity index (χ3n) is 4.30. The molecule has 2 rings (SSSR count). The van der Waals surface area contributed by atoms with E-state index >= 15 is 0 Å². The molecule has 0 N–H and O–H groups in total. The zero-order valence-electron chi connectivity index (χ0n) is 15.2. The van der Waals surface area contributed by atoms with Crippen molar-refractivity contribution in [2.45, 2.75) is 71.4 Å². The number of rotatable bonds is 3. The highest BCUT2D eigenvalue weighted by Crippen LogP contribution is 2.37. The van der Waals surface area contributed by atoms with Crippen molar-refractivity contribution < 1.29 is 13.2 Å². The summed E-state index contributed by atoms with van der Waals surface area (Å²) in [5.41, 5.74) is 0.207. The molecule has 0 aliphatic carbocycles. The largest absolute Gasteiger partial charge is 0.435 e. The standard InChI is InChI=1S/C19H25F3N2/c1-7-10-18(5,6)12-8-9-13-14(11-12)24-15(17(2,3)4)16(23-13)19(20,21)22/h8-9,11H,7,10H2,1-6H3. The smallest absolute Gasteiger partial charge is 0.248 e. The molecular weight excluding hydrogens is 313 g/mol. The molecule has 0 radical (unpaired) electrons. The summed E-state index contributed by atoms with van der Waals surface area (Å²) in [6.07, 6.45) is -2.47. The Balaban J connectivity index is 2.71. The third-order valence-corrected chi connectivity index (χ3v) is 4.30. The van der Waals surface area contributed by atoms with Crippen LogP contribution in [0.2, 0.25) is 0 Å². The fourth-order valence-corrected chi connectivity index (χ4v) is 2.97. The van der Waals surface area contributed by atoms with Gasteiger partial charge in [0, 0.05) is 5.41 Å². The molecule has 0 fully saturated rings. The van der Waals surface area contributed by atoms with Gasteiger partial charge < -0.3 is 0 Å². The molecule has 132 valence electrons. The van der Waals surface area contributed by atoms with Gasteiger partial charge in [0.1, 0.15) is 0 Å². The lowest BCUT2D eigenvalue weighted by Gasteiger charge is -2.26. The van der Waals surface area contributed by atoms with E-state index in [4.69, 9.17) is 0 Å². The molecule has 0 spiro atoms. The summed E-state index contributed by atoms with van der Waals surface area (Å²) in [6.45, 7) is 11.6. The normalized spacial score (nSPS) is 13.5. The number of benzene rings is 1. The van der Waals surface area contributed by atoms with E-state index in [1.807, 2.05) is 12.1 Å². The van der Waals surface area contributed by atoms with Gasteiger partial charge in [-0.15, -0.1) is 0 Å². The Kier molecular flexibility index (Phi) is 4.68. The van der Waals surface area contributed by atoms with Crippen molar-refractivity contribution in [3.8, 4) is 0 Å². The van der Waals surface area contributed by atoms with Gasteiger partial charge in [0.25, 0.3) is 0 Å². The Morgan fingerprint density at radius 3 is 1.96 bits per heavy atom. The minimum absolute atomic E-state index is 0.00653. The number of hydrogen-bond donors (Lipinski definition) is 0. The van der Waals surface area contributed by atoms with Gasteiger partial charge in [0.15, 0.2) is 5.69 Å². The van der Waals surface area contributed by atoms with Crippen LogP contribution < -0.4 is 0 Å². The maximum Gasteiger partial charge on any atom is 0.435 e. The molecule has 24 heavy (non-hydrogen) atoms. The van der Waals surface area contributed by atoms with Crippen molar-refractivity contribution in [2.24, 2.45) is 0 Å². The van der Waals surface area contributed by atoms with Crippen LogP contribution in [0.4, 0.5) is 13.2 Å². The van der Waals surface area contributed by atoms with Crippen molar-refractivity contribution in [3.63, 3.8) is 0 Å². The van der Waals surface area contributed by atoms with Gasteiger partial charge in [-0.3, -0.25) is 0 Å². The predicted octanol–water partition coefficient (Wildman–Crippen LogP) is 6.02. The molecule has 0 atom stereocenters. The Hall–Kier alpha value is -1.65. The predicted molar refractivity (Wildman–Crippen MR) is 91.2 cm³/mol. The van der Waals surface area contributed by atoms with Gasteiger partial charge in [-0.1, -0.05) is 54.0 Å². The van der Waals surface area contributed by atoms with Crippen LogP contribution in [0.25, 0.3) is 11.0 Å². The summed E-state index contributed by atoms with van der Waals surface area (Å²) in [5, 5.41) is 0. The van der Waals surface area contributed by atoms with E-state index in [9.17, 15) is 13.2 Å². The molecule has 1 aromatic heterocycles. The fraction of sp³-hybridized carbons (Fsp3) is 0.579. The summed E-state index contributed by atoms with van der Waals surface area (Å²) in [7, 11) is 0. The van der Waals surface area contributed by atoms with Crippen LogP contribution >= 0.6 is 0 Å². The molecule has 5 heteroatoms. The lowest BCUT2D eigenvalue weighted by molar-refractivity contribution is -0.142. The molecule has 0 aliphatic rings. The van der Waals surface area contributed by atoms with E-state index in [1.165, 1.54) is 0 Å². The summed E-state index contributed by atoms with van der Waals surface area (Å²) < 4.78 is 40.1. The molecule has 0 bridgehead atoms. The highest BCUT2D eigenvalue weighted by Gasteiger charge is 2.40. The maximum atomic E-state index is 13.4. The second-order valence-corrected chi connectivity index (χ2v) is 8.01. The van der Waals surface area contributed by atoms with E-state index in [1.54, 1.807) is 26.8 Å². The first-order valence-electron chi connectivity index (χ1n) is 8.26. The van der Waals surface area contributed by atoms with Crippen LogP contribution in [0.15, 0.2) is 18.2 Å². The lowest BCUT2D eigenvalue weighted by Crippen LogP contribution is -2.23. The van der Waals surface area contributed by atoms with E-state index < -0.39 is 17.3 Å². The van der Waals surface area contributed by atoms with Gasteiger partial charge in [0.2, 0.25) is 0 Å². The number of hydrogen-bond acceptors (Lipinski definition) is 2. The van der Waals surface area contributed by atoms with Crippen LogP contribution in [-0.2, 0) is 17.0 Å². The SMILES string of the molecule is CCCC(C)(C)c1ccc2nc(C(F)(F)F)c(C(C)(C)C)nc2c1. The Bertz CT molecular complexity index is 741. The second-order valence-electron chi connectivity index (χ2n) is 8.01. The van der Waals surface area contributed by atoms with Crippen molar-refractivity contribution in [2.75, 3.05) is 0 Å². The summed E-state index contributed by atoms with van der Waals surface area (Å²) in [6, 6.07) is 5.40. The van der Waals surface area contributed by atoms with Crippen LogP contribution in [0.5, 0.6) is 0 Å². The van der Waals surface area contributed by atoms with Gasteiger partial charge in [-0.25, -0.2) is 9.97 Å². The Morgan fingerprint density at radius 1 is 0.875 bits per heavy atom. The first-order valence-corrected chi connectivity index (χ1v) is 8.26. The molecule has 1 heterocycles. The van der Waals surface area contributed by atoms with Crippen LogP contribution in [0.3, 0.4) is 0 Å². The topological polar surface area (TPSA) is 25.8 Å². The molecule has 0 aliphatic heterocycles. The molecule has 0 unspecified atom stereocenters. The first-order chi connectivity index (χ1) is 10.9. The van der Waals surface area contributed by atoms with Crippen LogP contribution in [0, 0.1) is 0 Å². The Morgan fingerprint density at radius 2 is 1.46 bits per heavy atom. The molecule has 0 saturated heterocycles. The minimum atomic E-state index is -4.51. The summed E-state index contributed by atoms with van der Waals surface area (Å²) in [5.74, 6) is 0. The van der Waals surface area contributed by atoms with Crippen molar-refractivity contribution in [3.05, 3.63) is 35.2 Å². The highest BCUT2D eigenvalue weighted by molar-refractivity contribution is 5.76. The van der Waals surface area contributed by atoms with Gasteiger partial charge in [-0.2, -0.15) is 13.2 Å². The zero-order chi connectivity index (χ0) is 18.3. The van der Waals surface area contributed by atoms with E-state index in [2.05, 4.69) is 30.7 Å². The highest BCUT2D eigenvalue weighted by atomic mass is 19.4. The second kappa shape index (κ2) is 6.01. The lowest BCUT2D eigenvalue weighted by atomic mass is 9.80. The van der Waals surface area contributed by atoms with E-state index in [0.717, 1.165) is 18.4 Å². The molecular formula is C19H25F3N2. The zero-order valence-corrected chi connectivity index (χ0v) is 15.2. The first kappa shape index (κ1) is 18.7. The average molecular weight is 338 g/mol. The number of halogens is 3.